The molecule has 0 atom stereocenters. The molecule has 0 spiro atoms. The van der Waals surface area contributed by atoms with Gasteiger partial charge in [0.2, 0.25) is 5.96 Å². The van der Waals surface area contributed by atoms with E-state index in [9.17, 15) is 4.79 Å². The average Bonchev–Trinajstić information content (AvgIpc) is 3.19. The first kappa shape index (κ1) is 17.9. The largest absolute Gasteiger partial charge is 1.00 e. The minimum absolute atomic E-state index is 0. The number of rotatable bonds is 1. The Morgan fingerprint density at radius 3 is 2.73 bits per heavy atom. The topological polar surface area (TPSA) is 35.9 Å². The van der Waals surface area contributed by atoms with Crippen LogP contribution in [0.15, 0.2) is 35.3 Å². The zero-order valence-corrected chi connectivity index (χ0v) is 17.0. The number of carbonyl (C=O) groups excluding carboxylic acids is 1. The van der Waals surface area contributed by atoms with Crippen LogP contribution in [0.5, 0.6) is 0 Å². The standard InChI is InChI=1S/C19H19N3OS2.ClH/c1-19(2)10-13-14(11-24-19)25-17-15(13)16(23)22(12-6-4-3-5-7-12)18-20-8-9-21(17)18;/h3-7H,8-11H2,1-2H3;1H/p-1. The molecule has 26 heavy (non-hydrogen) atoms. The molecule has 0 aliphatic carbocycles. The highest BCUT2D eigenvalue weighted by atomic mass is 35.5. The summed E-state index contributed by atoms with van der Waals surface area (Å²) < 4.78 is 0.180. The lowest BCUT2D eigenvalue weighted by atomic mass is 9.96. The number of benzene rings is 1. The van der Waals surface area contributed by atoms with Crippen LogP contribution in [-0.4, -0.2) is 29.7 Å². The number of amides is 1. The second kappa shape index (κ2) is 6.29. The van der Waals surface area contributed by atoms with Crippen LogP contribution in [0.4, 0.5) is 10.7 Å². The Morgan fingerprint density at radius 2 is 1.96 bits per heavy atom. The van der Waals surface area contributed by atoms with Crippen molar-refractivity contribution in [3.8, 4) is 0 Å². The Hall–Kier alpha value is -1.50. The molecule has 0 bridgehead atoms. The maximum absolute atomic E-state index is 13.5. The highest BCUT2D eigenvalue weighted by Gasteiger charge is 2.43. The fourth-order valence-electron chi connectivity index (χ4n) is 3.78. The molecule has 1 amide bonds. The Bertz CT molecular complexity index is 907. The molecule has 0 unspecified atom stereocenters. The van der Waals surface area contributed by atoms with Gasteiger partial charge in [0.1, 0.15) is 5.00 Å². The SMILES string of the molecule is CC1(C)Cc2c(sc3c2C(=O)N(c2ccccc2)C2=NCCN23)CS1.[Cl-]. The van der Waals surface area contributed by atoms with E-state index in [1.807, 2.05) is 42.1 Å². The first-order valence-corrected chi connectivity index (χ1v) is 10.4. The second-order valence-corrected chi connectivity index (χ2v) is 9.98. The Balaban J connectivity index is 0.00000168. The molecule has 0 N–H and O–H groups in total. The van der Waals surface area contributed by atoms with Gasteiger partial charge in [-0.1, -0.05) is 32.0 Å². The third-order valence-corrected chi connectivity index (χ3v) is 7.76. The summed E-state index contributed by atoms with van der Waals surface area (Å²) in [5, 5.41) is 1.11. The number of hydrogen-bond donors (Lipinski definition) is 0. The molecular weight excluding hydrogens is 386 g/mol. The maximum Gasteiger partial charge on any atom is 0.268 e. The van der Waals surface area contributed by atoms with Gasteiger partial charge in [-0.2, -0.15) is 0 Å². The van der Waals surface area contributed by atoms with E-state index < -0.39 is 0 Å². The molecule has 1 aromatic carbocycles. The van der Waals surface area contributed by atoms with Gasteiger partial charge in [-0.25, -0.2) is 4.90 Å². The maximum atomic E-state index is 13.5. The van der Waals surface area contributed by atoms with Gasteiger partial charge in [0.15, 0.2) is 0 Å². The van der Waals surface area contributed by atoms with Gasteiger partial charge in [-0.15, -0.1) is 23.1 Å². The fourth-order valence-corrected chi connectivity index (χ4v) is 6.26. The predicted octanol–water partition coefficient (Wildman–Crippen LogP) is 1.16. The number of hydrogen-bond acceptors (Lipinski definition) is 5. The van der Waals surface area contributed by atoms with E-state index in [2.05, 4.69) is 23.7 Å². The average molecular weight is 405 g/mol. The van der Waals surface area contributed by atoms with Crippen molar-refractivity contribution in [2.45, 2.75) is 30.8 Å². The van der Waals surface area contributed by atoms with E-state index in [0.29, 0.717) is 0 Å². The molecule has 0 saturated carbocycles. The van der Waals surface area contributed by atoms with Gasteiger partial charge in [0, 0.05) is 21.9 Å². The van der Waals surface area contributed by atoms with Crippen LogP contribution in [0.25, 0.3) is 0 Å². The van der Waals surface area contributed by atoms with Gasteiger partial charge in [0.25, 0.3) is 5.91 Å². The molecule has 5 rings (SSSR count). The third kappa shape index (κ3) is 2.58. The molecule has 4 heterocycles. The molecule has 3 aliphatic rings. The molecule has 2 aromatic rings. The van der Waals surface area contributed by atoms with Crippen LogP contribution in [0, 0.1) is 0 Å². The van der Waals surface area contributed by atoms with Gasteiger partial charge >= 0.3 is 0 Å². The van der Waals surface area contributed by atoms with E-state index in [1.165, 1.54) is 10.4 Å². The fraction of sp³-hybridized carbons (Fsp3) is 0.368. The number of para-hydroxylation sites is 1. The molecule has 3 aliphatic heterocycles. The number of thiophene rings is 1. The smallest absolute Gasteiger partial charge is 0.268 e. The molecular formula is C19H19ClN3OS2-. The summed E-state index contributed by atoms with van der Waals surface area (Å²) >= 11 is 3.78. The lowest BCUT2D eigenvalue weighted by molar-refractivity contribution is -0.0000129. The second-order valence-electron chi connectivity index (χ2n) is 7.22. The predicted molar refractivity (Wildman–Crippen MR) is 106 cm³/mol. The van der Waals surface area contributed by atoms with Gasteiger partial charge in [-0.3, -0.25) is 9.79 Å². The quantitative estimate of drug-likeness (QED) is 0.715. The van der Waals surface area contributed by atoms with Crippen LogP contribution < -0.4 is 22.2 Å². The van der Waals surface area contributed by atoms with Crippen molar-refractivity contribution in [1.29, 1.82) is 0 Å². The van der Waals surface area contributed by atoms with Gasteiger partial charge in [-0.05, 0) is 24.1 Å². The van der Waals surface area contributed by atoms with Crippen LogP contribution in [0.1, 0.15) is 34.6 Å². The molecule has 136 valence electrons. The van der Waals surface area contributed by atoms with E-state index in [0.717, 1.165) is 47.5 Å². The summed E-state index contributed by atoms with van der Waals surface area (Å²) in [5.41, 5.74) is 3.08. The highest BCUT2D eigenvalue weighted by Crippen LogP contribution is 2.49. The van der Waals surface area contributed by atoms with Crippen LogP contribution in [0.3, 0.4) is 0 Å². The Labute approximate surface area is 167 Å². The van der Waals surface area contributed by atoms with Crippen LogP contribution in [-0.2, 0) is 12.2 Å². The summed E-state index contributed by atoms with van der Waals surface area (Å²) in [4.78, 5) is 23.6. The third-order valence-electron chi connectivity index (χ3n) is 4.96. The first-order chi connectivity index (χ1) is 12.1. The van der Waals surface area contributed by atoms with Crippen molar-refractivity contribution in [3.05, 3.63) is 46.3 Å². The van der Waals surface area contributed by atoms with Gasteiger partial charge < -0.3 is 17.3 Å². The highest BCUT2D eigenvalue weighted by molar-refractivity contribution is 8.00. The van der Waals surface area contributed by atoms with Crippen LogP contribution >= 0.6 is 23.1 Å². The molecule has 0 saturated heterocycles. The minimum atomic E-state index is 0. The van der Waals surface area contributed by atoms with Crippen molar-refractivity contribution in [2.75, 3.05) is 22.9 Å². The van der Waals surface area contributed by atoms with Crippen molar-refractivity contribution in [1.82, 2.24) is 0 Å². The van der Waals surface area contributed by atoms with Crippen molar-refractivity contribution >= 4 is 45.7 Å². The summed E-state index contributed by atoms with van der Waals surface area (Å²) in [6.45, 7) is 6.15. The first-order valence-electron chi connectivity index (χ1n) is 8.55. The van der Waals surface area contributed by atoms with Crippen molar-refractivity contribution in [2.24, 2.45) is 4.99 Å². The number of fused-ring (bicyclic) bond motifs is 5. The lowest BCUT2D eigenvalue weighted by Gasteiger charge is -2.35. The normalized spacial score (nSPS) is 20.1. The number of nitrogens with zero attached hydrogens (tertiary/aromatic N) is 3. The number of carbonyl (C=O) groups is 1. The molecule has 4 nitrogen and oxygen atoms in total. The number of thioether (sulfide) groups is 1. The monoisotopic (exact) mass is 404 g/mol. The number of anilines is 2. The number of guanidine groups is 1. The molecule has 0 radical (unpaired) electrons. The van der Waals surface area contributed by atoms with Crippen LogP contribution in [0.2, 0.25) is 0 Å². The lowest BCUT2D eigenvalue weighted by Crippen LogP contribution is -3.00. The minimum Gasteiger partial charge on any atom is -1.00 e. The zero-order chi connectivity index (χ0) is 17.2. The zero-order valence-electron chi connectivity index (χ0n) is 14.7. The molecule has 0 fully saturated rings. The Morgan fingerprint density at radius 1 is 1.19 bits per heavy atom. The summed E-state index contributed by atoms with van der Waals surface area (Å²) in [7, 11) is 0. The summed E-state index contributed by atoms with van der Waals surface area (Å²) in [6, 6.07) is 9.90. The summed E-state index contributed by atoms with van der Waals surface area (Å²) in [6.07, 6.45) is 0.952. The molecule has 7 heteroatoms. The number of halogens is 1. The van der Waals surface area contributed by atoms with E-state index in [4.69, 9.17) is 0 Å². The van der Waals surface area contributed by atoms with E-state index in [-0.39, 0.29) is 23.1 Å². The van der Waals surface area contributed by atoms with Crippen molar-refractivity contribution < 1.29 is 17.2 Å². The van der Waals surface area contributed by atoms with Crippen molar-refractivity contribution in [3.63, 3.8) is 0 Å². The van der Waals surface area contributed by atoms with Gasteiger partial charge in [0.05, 0.1) is 17.8 Å². The Kier molecular flexibility index (Phi) is 4.33. The number of aliphatic imine (C=N–C) groups is 1. The van der Waals surface area contributed by atoms with E-state index >= 15 is 0 Å². The molecule has 1 aromatic heterocycles. The van der Waals surface area contributed by atoms with E-state index in [1.54, 1.807) is 16.2 Å². The summed E-state index contributed by atoms with van der Waals surface area (Å²) in [5.74, 6) is 1.87.